The van der Waals surface area contributed by atoms with Crippen molar-refractivity contribution in [3.05, 3.63) is 33.8 Å². The van der Waals surface area contributed by atoms with Crippen LogP contribution in [-0.2, 0) is 4.79 Å². The molecule has 0 bridgehead atoms. The monoisotopic (exact) mass is 288 g/mol. The van der Waals surface area contributed by atoms with Crippen LogP contribution in [0.25, 0.3) is 0 Å². The Labute approximate surface area is 112 Å². The normalized spacial score (nSPS) is 16.2. The van der Waals surface area contributed by atoms with E-state index >= 15 is 0 Å². The van der Waals surface area contributed by atoms with Crippen molar-refractivity contribution in [3.8, 4) is 0 Å². The van der Waals surface area contributed by atoms with E-state index in [1.807, 2.05) is 0 Å². The van der Waals surface area contributed by atoms with Crippen molar-refractivity contribution >= 4 is 52.3 Å². The van der Waals surface area contributed by atoms with Gasteiger partial charge < -0.3 is 0 Å². The predicted molar refractivity (Wildman–Crippen MR) is 68.8 cm³/mol. The Morgan fingerprint density at radius 2 is 2.12 bits per heavy atom. The molecule has 0 N–H and O–H groups in total. The van der Waals surface area contributed by atoms with Crippen LogP contribution >= 0.6 is 35.0 Å². The fourth-order valence-corrected chi connectivity index (χ4v) is 2.28. The average molecular weight is 289 g/mol. The molecule has 0 spiro atoms. The SMILES string of the molecule is O=C1CSC(=O)N1/N=C/c1ccc(Cl)cc1Cl. The molecule has 2 amide bonds. The Bertz CT molecular complexity index is 503. The van der Waals surface area contributed by atoms with E-state index in [0.29, 0.717) is 15.6 Å². The first-order valence-corrected chi connectivity index (χ1v) is 6.31. The Kier molecular flexibility index (Phi) is 3.71. The summed E-state index contributed by atoms with van der Waals surface area (Å²) in [4.78, 5) is 22.5. The van der Waals surface area contributed by atoms with E-state index in [-0.39, 0.29) is 16.9 Å². The van der Waals surface area contributed by atoms with E-state index in [2.05, 4.69) is 5.10 Å². The second-order valence-corrected chi connectivity index (χ2v) is 4.94. The van der Waals surface area contributed by atoms with Crippen LogP contribution < -0.4 is 0 Å². The van der Waals surface area contributed by atoms with Gasteiger partial charge in [-0.25, -0.2) is 0 Å². The van der Waals surface area contributed by atoms with Crippen molar-refractivity contribution in [2.24, 2.45) is 5.10 Å². The number of carbonyl (C=O) groups is 2. The van der Waals surface area contributed by atoms with E-state index in [9.17, 15) is 9.59 Å². The van der Waals surface area contributed by atoms with Crippen LogP contribution in [0, 0.1) is 0 Å². The molecule has 1 saturated heterocycles. The molecule has 1 heterocycles. The maximum Gasteiger partial charge on any atom is 0.309 e. The first-order chi connectivity index (χ1) is 8.08. The third-order valence-corrected chi connectivity index (χ3v) is 3.38. The van der Waals surface area contributed by atoms with Gasteiger partial charge in [-0.05, 0) is 12.1 Å². The maximum atomic E-state index is 11.3. The highest BCUT2D eigenvalue weighted by Crippen LogP contribution is 2.21. The van der Waals surface area contributed by atoms with Crippen LogP contribution in [0.3, 0.4) is 0 Å². The maximum absolute atomic E-state index is 11.3. The molecule has 0 aromatic heterocycles. The fraction of sp³-hybridized carbons (Fsp3) is 0.100. The molecule has 1 aliphatic heterocycles. The summed E-state index contributed by atoms with van der Waals surface area (Å²) in [6.07, 6.45) is 1.36. The van der Waals surface area contributed by atoms with E-state index in [4.69, 9.17) is 23.2 Å². The molecule has 0 unspecified atom stereocenters. The predicted octanol–water partition coefficient (Wildman–Crippen LogP) is 3.02. The summed E-state index contributed by atoms with van der Waals surface area (Å²) in [6, 6.07) is 4.87. The lowest BCUT2D eigenvalue weighted by atomic mass is 10.2. The van der Waals surface area contributed by atoms with Gasteiger partial charge in [0.05, 0.1) is 17.0 Å². The van der Waals surface area contributed by atoms with Crippen LogP contribution in [0.15, 0.2) is 23.3 Å². The Balaban J connectivity index is 2.20. The molecule has 1 aromatic carbocycles. The molecule has 0 saturated carbocycles. The van der Waals surface area contributed by atoms with Crippen LogP contribution in [0.2, 0.25) is 10.0 Å². The third-order valence-electron chi connectivity index (χ3n) is 2.00. The van der Waals surface area contributed by atoms with Crippen molar-refractivity contribution in [2.75, 3.05) is 5.75 Å². The van der Waals surface area contributed by atoms with Gasteiger partial charge in [0.25, 0.3) is 5.91 Å². The summed E-state index contributed by atoms with van der Waals surface area (Å²) in [5.74, 6) is -0.203. The van der Waals surface area contributed by atoms with E-state index in [1.165, 1.54) is 6.21 Å². The van der Waals surface area contributed by atoms with Gasteiger partial charge in [-0.1, -0.05) is 41.0 Å². The van der Waals surface area contributed by atoms with Gasteiger partial charge >= 0.3 is 5.24 Å². The number of halogens is 2. The van der Waals surface area contributed by atoms with Gasteiger partial charge in [-0.3, -0.25) is 9.59 Å². The van der Waals surface area contributed by atoms with Crippen molar-refractivity contribution < 1.29 is 9.59 Å². The molecule has 7 heteroatoms. The second-order valence-electron chi connectivity index (χ2n) is 3.17. The summed E-state index contributed by atoms with van der Waals surface area (Å²) >= 11 is 12.6. The van der Waals surface area contributed by atoms with Crippen molar-refractivity contribution in [1.29, 1.82) is 0 Å². The molecule has 2 rings (SSSR count). The number of benzene rings is 1. The molecule has 1 aromatic rings. The van der Waals surface area contributed by atoms with Gasteiger partial charge in [0.15, 0.2) is 0 Å². The summed E-state index contributed by atoms with van der Waals surface area (Å²) in [5, 5.41) is 5.18. The molecular formula is C10H6Cl2N2O2S. The first kappa shape index (κ1) is 12.4. The Morgan fingerprint density at radius 1 is 1.35 bits per heavy atom. The zero-order valence-electron chi connectivity index (χ0n) is 8.39. The lowest BCUT2D eigenvalue weighted by Gasteiger charge is -2.04. The average Bonchev–Trinajstić information content (AvgIpc) is 2.58. The largest absolute Gasteiger partial charge is 0.309 e. The fourth-order valence-electron chi connectivity index (χ4n) is 1.19. The van der Waals surface area contributed by atoms with Crippen LogP contribution in [0.5, 0.6) is 0 Å². The molecule has 0 radical (unpaired) electrons. The topological polar surface area (TPSA) is 49.7 Å². The Hall–Kier alpha value is -1.04. The van der Waals surface area contributed by atoms with Crippen molar-refractivity contribution in [3.63, 3.8) is 0 Å². The summed E-state index contributed by atoms with van der Waals surface area (Å²) in [6.45, 7) is 0. The molecule has 0 atom stereocenters. The van der Waals surface area contributed by atoms with E-state index in [1.54, 1.807) is 18.2 Å². The number of rotatable bonds is 2. The van der Waals surface area contributed by atoms with Crippen LogP contribution in [-0.4, -0.2) is 28.1 Å². The number of imide groups is 1. The quantitative estimate of drug-likeness (QED) is 0.786. The summed E-state index contributed by atoms with van der Waals surface area (Å²) in [5.41, 5.74) is 0.591. The lowest BCUT2D eigenvalue weighted by Crippen LogP contribution is -2.22. The molecule has 4 nitrogen and oxygen atoms in total. The number of carbonyl (C=O) groups excluding carboxylic acids is 2. The van der Waals surface area contributed by atoms with E-state index in [0.717, 1.165) is 16.8 Å². The lowest BCUT2D eigenvalue weighted by molar-refractivity contribution is -0.124. The molecule has 17 heavy (non-hydrogen) atoms. The van der Waals surface area contributed by atoms with Crippen molar-refractivity contribution in [2.45, 2.75) is 0 Å². The second kappa shape index (κ2) is 5.08. The number of hydrogen-bond donors (Lipinski definition) is 0. The Morgan fingerprint density at radius 3 is 2.71 bits per heavy atom. The first-order valence-electron chi connectivity index (χ1n) is 4.56. The number of thioether (sulfide) groups is 1. The number of amides is 2. The van der Waals surface area contributed by atoms with Gasteiger partial charge in [-0.15, -0.1) is 0 Å². The van der Waals surface area contributed by atoms with Gasteiger partial charge in [0, 0.05) is 10.6 Å². The molecule has 1 aliphatic rings. The number of hydrogen-bond acceptors (Lipinski definition) is 4. The smallest absolute Gasteiger partial charge is 0.271 e. The van der Waals surface area contributed by atoms with E-state index < -0.39 is 0 Å². The van der Waals surface area contributed by atoms with Gasteiger partial charge in [-0.2, -0.15) is 10.1 Å². The number of hydrazone groups is 1. The third kappa shape index (κ3) is 2.80. The van der Waals surface area contributed by atoms with Gasteiger partial charge in [0.1, 0.15) is 0 Å². The zero-order valence-corrected chi connectivity index (χ0v) is 10.7. The highest BCUT2D eigenvalue weighted by Gasteiger charge is 2.29. The molecular weight excluding hydrogens is 283 g/mol. The van der Waals surface area contributed by atoms with Crippen molar-refractivity contribution in [1.82, 2.24) is 5.01 Å². The summed E-state index contributed by atoms with van der Waals surface area (Å²) in [7, 11) is 0. The highest BCUT2D eigenvalue weighted by atomic mass is 35.5. The van der Waals surface area contributed by atoms with Gasteiger partial charge in [0.2, 0.25) is 0 Å². The minimum absolute atomic E-state index is 0.129. The minimum Gasteiger partial charge on any atom is -0.271 e. The molecule has 88 valence electrons. The molecule has 1 fully saturated rings. The van der Waals surface area contributed by atoms with Crippen LogP contribution in [0.1, 0.15) is 5.56 Å². The minimum atomic E-state index is -0.378. The standard InChI is InChI=1S/C10H6Cl2N2O2S/c11-7-2-1-6(8(12)3-7)4-13-14-9(15)5-17-10(14)16/h1-4H,5H2/b13-4+. The van der Waals surface area contributed by atoms with Crippen LogP contribution in [0.4, 0.5) is 4.79 Å². The zero-order chi connectivity index (χ0) is 12.4. The number of nitrogens with zero attached hydrogens (tertiary/aromatic N) is 2. The summed E-state index contributed by atoms with van der Waals surface area (Å²) < 4.78 is 0. The highest BCUT2D eigenvalue weighted by molar-refractivity contribution is 8.14. The molecule has 0 aliphatic carbocycles.